The molecule has 1 saturated carbocycles. The zero-order valence-electron chi connectivity index (χ0n) is 15.0. The highest BCUT2D eigenvalue weighted by atomic mass is 19.1. The van der Waals surface area contributed by atoms with Crippen molar-refractivity contribution < 1.29 is 9.18 Å². The maximum Gasteiger partial charge on any atom is 0.231 e. The molecule has 7 nitrogen and oxygen atoms in total. The van der Waals surface area contributed by atoms with E-state index in [1.807, 2.05) is 20.0 Å². The smallest absolute Gasteiger partial charge is 0.231 e. The number of nitrogens with zero attached hydrogens (tertiary/aromatic N) is 3. The number of pyridine rings is 3. The van der Waals surface area contributed by atoms with Crippen LogP contribution in [0.3, 0.4) is 0 Å². The molecule has 0 spiro atoms. The van der Waals surface area contributed by atoms with Gasteiger partial charge in [-0.1, -0.05) is 0 Å². The SMILES string of the molecule is CNc1cncc(-c2cc3cc(NC(=O)C4CC4F)ncc3c(N)n2)c1C. The van der Waals surface area contributed by atoms with E-state index in [0.29, 0.717) is 22.7 Å². The first-order chi connectivity index (χ1) is 13.0. The molecule has 27 heavy (non-hydrogen) atoms. The monoisotopic (exact) mass is 366 g/mol. The van der Waals surface area contributed by atoms with Crippen LogP contribution in [0.2, 0.25) is 0 Å². The van der Waals surface area contributed by atoms with Gasteiger partial charge in [0.1, 0.15) is 17.8 Å². The Labute approximate surface area is 155 Å². The summed E-state index contributed by atoms with van der Waals surface area (Å²) in [4.78, 5) is 24.9. The molecule has 3 aromatic rings. The number of carbonyl (C=O) groups excluding carboxylic acids is 1. The van der Waals surface area contributed by atoms with Crippen molar-refractivity contribution in [3.8, 4) is 11.3 Å². The number of nitrogen functional groups attached to an aromatic ring is 1. The third-order valence-electron chi connectivity index (χ3n) is 4.81. The molecule has 2 unspecified atom stereocenters. The first-order valence-corrected chi connectivity index (χ1v) is 8.62. The topological polar surface area (TPSA) is 106 Å². The van der Waals surface area contributed by atoms with Crippen molar-refractivity contribution in [3.05, 3.63) is 36.3 Å². The van der Waals surface area contributed by atoms with Crippen molar-refractivity contribution in [1.82, 2.24) is 15.0 Å². The second kappa shape index (κ2) is 6.46. The molecule has 3 aromatic heterocycles. The van der Waals surface area contributed by atoms with Gasteiger partial charge < -0.3 is 16.4 Å². The molecular formula is C19H19FN6O. The summed E-state index contributed by atoms with van der Waals surface area (Å²) in [6.45, 7) is 1.98. The summed E-state index contributed by atoms with van der Waals surface area (Å²) < 4.78 is 13.1. The van der Waals surface area contributed by atoms with Crippen LogP contribution >= 0.6 is 0 Å². The summed E-state index contributed by atoms with van der Waals surface area (Å²) in [6.07, 6.45) is 4.27. The van der Waals surface area contributed by atoms with Gasteiger partial charge in [0.2, 0.25) is 5.91 Å². The van der Waals surface area contributed by atoms with E-state index < -0.39 is 12.1 Å². The number of amides is 1. The summed E-state index contributed by atoms with van der Waals surface area (Å²) in [5, 5.41) is 7.22. The lowest BCUT2D eigenvalue weighted by Crippen LogP contribution is -2.15. The Kier molecular flexibility index (Phi) is 4.10. The average Bonchev–Trinajstić information content (AvgIpc) is 3.38. The van der Waals surface area contributed by atoms with Gasteiger partial charge in [0.25, 0.3) is 0 Å². The Morgan fingerprint density at radius 2 is 2.07 bits per heavy atom. The van der Waals surface area contributed by atoms with Gasteiger partial charge in [0.15, 0.2) is 0 Å². The average molecular weight is 366 g/mol. The van der Waals surface area contributed by atoms with Crippen LogP contribution in [0.5, 0.6) is 0 Å². The largest absolute Gasteiger partial charge is 0.387 e. The van der Waals surface area contributed by atoms with Crippen molar-refractivity contribution in [1.29, 1.82) is 0 Å². The zero-order valence-corrected chi connectivity index (χ0v) is 15.0. The van der Waals surface area contributed by atoms with Gasteiger partial charge in [-0.15, -0.1) is 0 Å². The summed E-state index contributed by atoms with van der Waals surface area (Å²) in [5.41, 5.74) is 9.56. The second-order valence-electron chi connectivity index (χ2n) is 6.64. The highest BCUT2D eigenvalue weighted by Crippen LogP contribution is 2.35. The molecule has 1 aliphatic carbocycles. The highest BCUT2D eigenvalue weighted by Gasteiger charge is 2.43. The van der Waals surface area contributed by atoms with Crippen molar-refractivity contribution >= 4 is 34.0 Å². The van der Waals surface area contributed by atoms with Gasteiger partial charge in [-0.25, -0.2) is 14.4 Å². The maximum atomic E-state index is 13.1. The number of nitrogens with two attached hydrogens (primary N) is 1. The summed E-state index contributed by atoms with van der Waals surface area (Å²) >= 11 is 0. The predicted octanol–water partition coefficient (Wildman–Crippen LogP) is 2.92. The quantitative estimate of drug-likeness (QED) is 0.656. The molecule has 0 aliphatic heterocycles. The number of alkyl halides is 1. The van der Waals surface area contributed by atoms with Gasteiger partial charge in [0, 0.05) is 30.4 Å². The molecule has 8 heteroatoms. The lowest BCUT2D eigenvalue weighted by Gasteiger charge is -2.12. The summed E-state index contributed by atoms with van der Waals surface area (Å²) in [7, 11) is 1.83. The Balaban J connectivity index is 1.74. The standard InChI is InChI=1S/C19H19FN6O/c1-9-12(6-23-8-16(9)22-2)15-3-10-4-17(24-7-13(10)18(21)25-15)26-19(27)11-5-14(11)20/h3-4,6-8,11,14,22H,5H2,1-2H3,(H2,21,25)(H,24,26,27). The van der Waals surface area contributed by atoms with Crippen LogP contribution in [0, 0.1) is 12.8 Å². The van der Waals surface area contributed by atoms with E-state index >= 15 is 0 Å². The summed E-state index contributed by atoms with van der Waals surface area (Å²) in [6, 6.07) is 3.59. The fourth-order valence-corrected chi connectivity index (χ4v) is 3.07. The Morgan fingerprint density at radius 3 is 2.78 bits per heavy atom. The van der Waals surface area contributed by atoms with Crippen molar-refractivity contribution in [2.75, 3.05) is 23.4 Å². The molecule has 138 valence electrons. The van der Waals surface area contributed by atoms with Crippen molar-refractivity contribution in [2.24, 2.45) is 5.92 Å². The number of aromatic nitrogens is 3. The fraction of sp³-hybridized carbons (Fsp3) is 0.263. The number of hydrogen-bond acceptors (Lipinski definition) is 6. The Bertz CT molecular complexity index is 1050. The van der Waals surface area contributed by atoms with E-state index in [1.54, 1.807) is 24.7 Å². The Morgan fingerprint density at radius 1 is 1.30 bits per heavy atom. The summed E-state index contributed by atoms with van der Waals surface area (Å²) in [5.74, 6) is -0.216. The fourth-order valence-electron chi connectivity index (χ4n) is 3.07. The van der Waals surface area contributed by atoms with Crippen LogP contribution in [0.4, 0.5) is 21.7 Å². The van der Waals surface area contributed by atoms with E-state index in [4.69, 9.17) is 5.73 Å². The van der Waals surface area contributed by atoms with Crippen molar-refractivity contribution in [2.45, 2.75) is 19.5 Å². The normalized spacial score (nSPS) is 18.3. The number of carbonyl (C=O) groups is 1. The number of hydrogen-bond donors (Lipinski definition) is 3. The van der Waals surface area contributed by atoms with Crippen LogP contribution in [0.1, 0.15) is 12.0 Å². The second-order valence-corrected chi connectivity index (χ2v) is 6.64. The third-order valence-corrected chi connectivity index (χ3v) is 4.81. The molecule has 1 fully saturated rings. The van der Waals surface area contributed by atoms with Crippen LogP contribution < -0.4 is 16.4 Å². The minimum atomic E-state index is -1.05. The molecule has 2 atom stereocenters. The zero-order chi connectivity index (χ0) is 19.1. The van der Waals surface area contributed by atoms with E-state index in [9.17, 15) is 9.18 Å². The lowest BCUT2D eigenvalue weighted by molar-refractivity contribution is -0.117. The molecule has 0 saturated heterocycles. The molecule has 0 aromatic carbocycles. The molecule has 0 radical (unpaired) electrons. The third kappa shape index (κ3) is 3.14. The van der Waals surface area contributed by atoms with Gasteiger partial charge in [-0.05, 0) is 36.4 Å². The van der Waals surface area contributed by atoms with Crippen molar-refractivity contribution in [3.63, 3.8) is 0 Å². The number of halogens is 1. The number of nitrogens with one attached hydrogen (secondary N) is 2. The van der Waals surface area contributed by atoms with Gasteiger partial charge in [-0.3, -0.25) is 9.78 Å². The van der Waals surface area contributed by atoms with E-state index in [1.165, 1.54) is 0 Å². The first kappa shape index (κ1) is 17.1. The van der Waals surface area contributed by atoms with E-state index in [0.717, 1.165) is 22.2 Å². The predicted molar refractivity (Wildman–Crippen MR) is 103 cm³/mol. The lowest BCUT2D eigenvalue weighted by atomic mass is 10.0. The number of rotatable bonds is 4. The molecule has 0 bridgehead atoms. The number of fused-ring (bicyclic) bond motifs is 1. The van der Waals surface area contributed by atoms with Gasteiger partial charge in [-0.2, -0.15) is 0 Å². The molecular weight excluding hydrogens is 347 g/mol. The van der Waals surface area contributed by atoms with Crippen LogP contribution in [0.15, 0.2) is 30.7 Å². The first-order valence-electron chi connectivity index (χ1n) is 8.62. The minimum absolute atomic E-state index is 0.272. The van der Waals surface area contributed by atoms with Crippen LogP contribution in [0.25, 0.3) is 22.0 Å². The van der Waals surface area contributed by atoms with E-state index in [-0.39, 0.29) is 12.3 Å². The van der Waals surface area contributed by atoms with Gasteiger partial charge in [0.05, 0.1) is 23.5 Å². The Hall–Kier alpha value is -3.29. The van der Waals surface area contributed by atoms with Crippen LogP contribution in [-0.4, -0.2) is 34.1 Å². The number of anilines is 3. The molecule has 1 amide bonds. The van der Waals surface area contributed by atoms with Gasteiger partial charge >= 0.3 is 0 Å². The molecule has 3 heterocycles. The molecule has 4 N–H and O–H groups in total. The minimum Gasteiger partial charge on any atom is -0.387 e. The molecule has 1 aliphatic rings. The maximum absolute atomic E-state index is 13.1. The highest BCUT2D eigenvalue weighted by molar-refractivity contribution is 5.98. The van der Waals surface area contributed by atoms with E-state index in [2.05, 4.69) is 25.6 Å². The van der Waals surface area contributed by atoms with Crippen LogP contribution in [-0.2, 0) is 4.79 Å². The molecule has 4 rings (SSSR count).